The molecule has 2 aromatic carbocycles. The molecular formula is C17H13Cl2FN2O. The van der Waals surface area contributed by atoms with Gasteiger partial charge in [0.2, 0.25) is 0 Å². The molecule has 3 rings (SSSR count). The highest BCUT2D eigenvalue weighted by Gasteiger charge is 2.17. The molecule has 0 radical (unpaired) electrons. The largest absolute Gasteiger partial charge is 0.497 e. The molecule has 0 atom stereocenters. The van der Waals surface area contributed by atoms with Gasteiger partial charge in [-0.15, -0.1) is 0 Å². The van der Waals surface area contributed by atoms with Crippen LogP contribution in [0.25, 0.3) is 16.9 Å². The maximum Gasteiger partial charge on any atom is 0.162 e. The van der Waals surface area contributed by atoms with Crippen molar-refractivity contribution in [3.8, 4) is 22.7 Å². The van der Waals surface area contributed by atoms with E-state index in [1.807, 2.05) is 31.2 Å². The summed E-state index contributed by atoms with van der Waals surface area (Å²) in [5, 5.41) is 4.25. The second-order valence-corrected chi connectivity index (χ2v) is 5.80. The molecule has 3 nitrogen and oxygen atoms in total. The van der Waals surface area contributed by atoms with Gasteiger partial charge in [0, 0.05) is 5.56 Å². The lowest BCUT2D eigenvalue weighted by Gasteiger charge is -2.12. The van der Waals surface area contributed by atoms with Gasteiger partial charge in [-0.05, 0) is 48.9 Å². The minimum absolute atomic E-state index is 0.0198. The summed E-state index contributed by atoms with van der Waals surface area (Å²) in [7, 11) is 1.61. The first-order valence-electron chi connectivity index (χ1n) is 6.86. The maximum atomic E-state index is 14.0. The van der Waals surface area contributed by atoms with Crippen molar-refractivity contribution in [2.75, 3.05) is 7.11 Å². The lowest BCUT2D eigenvalue weighted by atomic mass is 10.1. The van der Waals surface area contributed by atoms with Crippen LogP contribution in [0.4, 0.5) is 4.39 Å². The first-order valence-corrected chi connectivity index (χ1v) is 7.61. The zero-order chi connectivity index (χ0) is 16.6. The van der Waals surface area contributed by atoms with E-state index < -0.39 is 5.82 Å². The van der Waals surface area contributed by atoms with E-state index >= 15 is 0 Å². The Morgan fingerprint density at radius 3 is 2.43 bits per heavy atom. The highest BCUT2D eigenvalue weighted by Crippen LogP contribution is 2.33. The summed E-state index contributed by atoms with van der Waals surface area (Å²) >= 11 is 11.9. The minimum atomic E-state index is -0.653. The molecule has 0 N–H and O–H groups in total. The summed E-state index contributed by atoms with van der Waals surface area (Å²) in [6.07, 6.45) is 1.71. The smallest absolute Gasteiger partial charge is 0.162 e. The van der Waals surface area contributed by atoms with Crippen LogP contribution >= 0.6 is 23.2 Å². The summed E-state index contributed by atoms with van der Waals surface area (Å²) in [4.78, 5) is 0. The molecule has 0 amide bonds. The van der Waals surface area contributed by atoms with Gasteiger partial charge in [0.05, 0.1) is 29.7 Å². The maximum absolute atomic E-state index is 14.0. The third-order valence-electron chi connectivity index (χ3n) is 3.56. The Labute approximate surface area is 143 Å². The SMILES string of the molecule is COc1ccc(-c2c(C)cnn2-c2ccc(Cl)c(F)c2Cl)cc1. The van der Waals surface area contributed by atoms with Crippen molar-refractivity contribution < 1.29 is 9.13 Å². The number of methoxy groups -OCH3 is 1. The molecule has 0 saturated heterocycles. The molecule has 0 unspecified atom stereocenters. The molecule has 0 spiro atoms. The Bertz CT molecular complexity index is 860. The van der Waals surface area contributed by atoms with Crippen LogP contribution in [0.5, 0.6) is 5.75 Å². The number of ether oxygens (including phenoxy) is 1. The Kier molecular flexibility index (Phi) is 4.28. The van der Waals surface area contributed by atoms with Gasteiger partial charge < -0.3 is 4.74 Å². The van der Waals surface area contributed by atoms with E-state index in [1.165, 1.54) is 6.07 Å². The molecule has 3 aromatic rings. The van der Waals surface area contributed by atoms with Gasteiger partial charge in [0.15, 0.2) is 5.82 Å². The number of nitrogens with zero attached hydrogens (tertiary/aromatic N) is 2. The predicted octanol–water partition coefficient (Wildman–Crippen LogP) is 5.30. The molecule has 0 bridgehead atoms. The minimum Gasteiger partial charge on any atom is -0.497 e. The molecule has 0 aliphatic carbocycles. The van der Waals surface area contributed by atoms with E-state index in [1.54, 1.807) is 24.1 Å². The van der Waals surface area contributed by atoms with Gasteiger partial charge in [-0.2, -0.15) is 5.10 Å². The lowest BCUT2D eigenvalue weighted by molar-refractivity contribution is 0.415. The fraction of sp³-hybridized carbons (Fsp3) is 0.118. The van der Waals surface area contributed by atoms with Gasteiger partial charge in [0.25, 0.3) is 0 Å². The van der Waals surface area contributed by atoms with Gasteiger partial charge in [0.1, 0.15) is 10.8 Å². The molecule has 0 aliphatic heterocycles. The van der Waals surface area contributed by atoms with E-state index in [4.69, 9.17) is 27.9 Å². The first kappa shape index (κ1) is 15.8. The van der Waals surface area contributed by atoms with E-state index in [9.17, 15) is 4.39 Å². The summed E-state index contributed by atoms with van der Waals surface area (Å²) < 4.78 is 20.8. The number of hydrogen-bond acceptors (Lipinski definition) is 2. The van der Waals surface area contributed by atoms with Crippen LogP contribution in [0.15, 0.2) is 42.6 Å². The first-order chi connectivity index (χ1) is 11.0. The molecule has 6 heteroatoms. The summed E-state index contributed by atoms with van der Waals surface area (Å²) in [6.45, 7) is 1.93. The molecule has 0 aliphatic rings. The predicted molar refractivity (Wildman–Crippen MR) is 90.3 cm³/mol. The molecule has 0 saturated carbocycles. The highest BCUT2D eigenvalue weighted by atomic mass is 35.5. The summed E-state index contributed by atoms with van der Waals surface area (Å²) in [5.74, 6) is 0.104. The van der Waals surface area contributed by atoms with Crippen molar-refractivity contribution in [3.63, 3.8) is 0 Å². The summed E-state index contributed by atoms with van der Waals surface area (Å²) in [5.41, 5.74) is 3.14. The second-order valence-electron chi connectivity index (χ2n) is 5.01. The van der Waals surface area contributed by atoms with Crippen LogP contribution in [0, 0.1) is 12.7 Å². The Morgan fingerprint density at radius 2 is 1.78 bits per heavy atom. The Hall–Kier alpha value is -2.04. The third kappa shape index (κ3) is 2.80. The third-order valence-corrected chi connectivity index (χ3v) is 4.21. The standard InChI is InChI=1S/C17H13Cl2FN2O/c1-10-9-21-22(14-8-7-13(18)16(20)15(14)19)17(10)11-3-5-12(23-2)6-4-11/h3-9H,1-2H3. The van der Waals surface area contributed by atoms with Gasteiger partial charge >= 0.3 is 0 Å². The fourth-order valence-electron chi connectivity index (χ4n) is 2.39. The monoisotopic (exact) mass is 350 g/mol. The van der Waals surface area contributed by atoms with E-state index in [2.05, 4.69) is 5.10 Å². The highest BCUT2D eigenvalue weighted by molar-refractivity contribution is 6.36. The zero-order valence-corrected chi connectivity index (χ0v) is 14.0. The molecule has 1 aromatic heterocycles. The van der Waals surface area contributed by atoms with Crippen LogP contribution in [0.2, 0.25) is 10.0 Å². The molecular weight excluding hydrogens is 338 g/mol. The number of benzene rings is 2. The van der Waals surface area contributed by atoms with Gasteiger partial charge in [-0.1, -0.05) is 23.2 Å². The van der Waals surface area contributed by atoms with E-state index in [0.717, 1.165) is 22.6 Å². The fourth-order valence-corrected chi connectivity index (χ4v) is 2.84. The van der Waals surface area contributed by atoms with Crippen LogP contribution in [0.1, 0.15) is 5.56 Å². The normalized spacial score (nSPS) is 10.8. The van der Waals surface area contributed by atoms with Crippen LogP contribution in [-0.4, -0.2) is 16.9 Å². The average Bonchev–Trinajstić information content (AvgIpc) is 2.94. The quantitative estimate of drug-likeness (QED) is 0.599. The number of rotatable bonds is 3. The average molecular weight is 351 g/mol. The summed E-state index contributed by atoms with van der Waals surface area (Å²) in [6, 6.07) is 10.7. The van der Waals surface area contributed by atoms with E-state index in [0.29, 0.717) is 5.69 Å². The van der Waals surface area contributed by atoms with Crippen LogP contribution < -0.4 is 4.74 Å². The topological polar surface area (TPSA) is 27.1 Å². The van der Waals surface area contributed by atoms with Gasteiger partial charge in [-0.3, -0.25) is 0 Å². The Morgan fingerprint density at radius 1 is 1.09 bits per heavy atom. The van der Waals surface area contributed by atoms with Crippen molar-refractivity contribution in [1.82, 2.24) is 9.78 Å². The second kappa shape index (κ2) is 6.22. The van der Waals surface area contributed by atoms with Crippen LogP contribution in [-0.2, 0) is 0 Å². The van der Waals surface area contributed by atoms with Crippen molar-refractivity contribution in [1.29, 1.82) is 0 Å². The molecule has 1 heterocycles. The van der Waals surface area contributed by atoms with Crippen molar-refractivity contribution >= 4 is 23.2 Å². The number of hydrogen-bond donors (Lipinski definition) is 0. The molecule has 0 fully saturated rings. The number of aromatic nitrogens is 2. The Balaban J connectivity index is 2.17. The lowest BCUT2D eigenvalue weighted by Crippen LogP contribution is -2.02. The van der Waals surface area contributed by atoms with Gasteiger partial charge in [-0.25, -0.2) is 9.07 Å². The number of halogens is 3. The molecule has 118 valence electrons. The number of aryl methyl sites for hydroxylation is 1. The van der Waals surface area contributed by atoms with Crippen molar-refractivity contribution in [2.45, 2.75) is 6.92 Å². The van der Waals surface area contributed by atoms with Crippen molar-refractivity contribution in [2.24, 2.45) is 0 Å². The van der Waals surface area contributed by atoms with Crippen LogP contribution in [0.3, 0.4) is 0 Å². The zero-order valence-electron chi connectivity index (χ0n) is 12.5. The van der Waals surface area contributed by atoms with E-state index in [-0.39, 0.29) is 10.0 Å². The van der Waals surface area contributed by atoms with Crippen molar-refractivity contribution in [3.05, 3.63) is 64.0 Å². The molecule has 23 heavy (non-hydrogen) atoms.